The molecule has 2 nitrogen and oxygen atoms in total. The van der Waals surface area contributed by atoms with Gasteiger partial charge in [-0.25, -0.2) is 0 Å². The molecule has 11 rings (SSSR count). The van der Waals surface area contributed by atoms with Crippen LogP contribution in [0.15, 0.2) is 253 Å². The van der Waals surface area contributed by atoms with Crippen molar-refractivity contribution in [3.63, 3.8) is 0 Å². The van der Waals surface area contributed by atoms with Crippen molar-refractivity contribution in [2.75, 3.05) is 4.90 Å². The first-order valence-corrected chi connectivity index (χ1v) is 21.2. The number of furan rings is 1. The lowest BCUT2D eigenvalue weighted by atomic mass is 9.86. The second-order valence-corrected chi connectivity index (χ2v) is 15.6. The number of hydrogen-bond acceptors (Lipinski definition) is 2. The van der Waals surface area contributed by atoms with Gasteiger partial charge in [-0.05, 0) is 110 Å². The van der Waals surface area contributed by atoms with E-state index in [1.165, 1.54) is 38.9 Å². The quantitative estimate of drug-likeness (QED) is 0.145. The molecule has 1 aromatic heterocycles. The van der Waals surface area contributed by atoms with Crippen LogP contribution in [0.3, 0.4) is 0 Å². The van der Waals surface area contributed by atoms with Crippen LogP contribution in [0.25, 0.3) is 88.7 Å². The SMILES string of the molecule is c1ccc(-c2ccc(N(c3ccc(-c4cccc5oc6ccccc6c45)cc3)c3ccc(-c4cccc(-c5ccccc5)c4-c4ccccc4)cc3-c3ccccc3)cc2)cc1. The van der Waals surface area contributed by atoms with Gasteiger partial charge in [-0.1, -0.05) is 200 Å². The van der Waals surface area contributed by atoms with Gasteiger partial charge < -0.3 is 9.32 Å². The minimum absolute atomic E-state index is 0.894. The summed E-state index contributed by atoms with van der Waals surface area (Å²) < 4.78 is 6.28. The lowest BCUT2D eigenvalue weighted by Gasteiger charge is -2.29. The van der Waals surface area contributed by atoms with Crippen LogP contribution in [0.5, 0.6) is 0 Å². The summed E-state index contributed by atoms with van der Waals surface area (Å²) in [6, 6.07) is 89.1. The van der Waals surface area contributed by atoms with Gasteiger partial charge in [0.15, 0.2) is 0 Å². The summed E-state index contributed by atoms with van der Waals surface area (Å²) in [5, 5.41) is 2.26. The van der Waals surface area contributed by atoms with Gasteiger partial charge in [0, 0.05) is 27.7 Å². The maximum Gasteiger partial charge on any atom is 0.136 e. The molecule has 0 atom stereocenters. The molecule has 292 valence electrons. The van der Waals surface area contributed by atoms with E-state index in [0.29, 0.717) is 0 Å². The minimum Gasteiger partial charge on any atom is -0.456 e. The van der Waals surface area contributed by atoms with Gasteiger partial charge in [0.05, 0.1) is 5.69 Å². The normalized spacial score (nSPS) is 11.2. The van der Waals surface area contributed by atoms with Gasteiger partial charge in [-0.3, -0.25) is 0 Å². The highest BCUT2D eigenvalue weighted by Crippen LogP contribution is 2.46. The number of hydrogen-bond donors (Lipinski definition) is 0. The highest BCUT2D eigenvalue weighted by molar-refractivity contribution is 6.12. The highest BCUT2D eigenvalue weighted by atomic mass is 16.3. The van der Waals surface area contributed by atoms with Crippen LogP contribution in [0, 0.1) is 0 Å². The van der Waals surface area contributed by atoms with Crippen molar-refractivity contribution in [2.45, 2.75) is 0 Å². The Labute approximate surface area is 362 Å². The molecule has 0 N–H and O–H groups in total. The van der Waals surface area contributed by atoms with Crippen LogP contribution in [0.2, 0.25) is 0 Å². The molecule has 0 spiro atoms. The summed E-state index contributed by atoms with van der Waals surface area (Å²) in [5.74, 6) is 0. The number of benzene rings is 10. The summed E-state index contributed by atoms with van der Waals surface area (Å²) in [4.78, 5) is 2.40. The Morgan fingerprint density at radius 1 is 0.274 bits per heavy atom. The molecule has 0 radical (unpaired) electrons. The molecule has 1 heterocycles. The molecule has 10 aromatic carbocycles. The Hall–Kier alpha value is -8.20. The van der Waals surface area contributed by atoms with Crippen LogP contribution in [0.4, 0.5) is 17.1 Å². The van der Waals surface area contributed by atoms with Gasteiger partial charge in [0.25, 0.3) is 0 Å². The number of fused-ring (bicyclic) bond motifs is 3. The summed E-state index contributed by atoms with van der Waals surface area (Å²) >= 11 is 0. The molecule has 0 fully saturated rings. The Bertz CT molecular complexity index is 3300. The zero-order valence-corrected chi connectivity index (χ0v) is 34.0. The highest BCUT2D eigenvalue weighted by Gasteiger charge is 2.21. The van der Waals surface area contributed by atoms with Gasteiger partial charge in [-0.2, -0.15) is 0 Å². The minimum atomic E-state index is 0.894. The van der Waals surface area contributed by atoms with Crippen LogP contribution in [-0.4, -0.2) is 0 Å². The van der Waals surface area contributed by atoms with E-state index in [2.05, 4.69) is 241 Å². The lowest BCUT2D eigenvalue weighted by Crippen LogP contribution is -2.11. The second-order valence-electron chi connectivity index (χ2n) is 15.6. The van der Waals surface area contributed by atoms with Crippen molar-refractivity contribution in [2.24, 2.45) is 0 Å². The molecule has 0 aliphatic rings. The van der Waals surface area contributed by atoms with E-state index < -0.39 is 0 Å². The first-order chi connectivity index (χ1) is 30.8. The zero-order valence-electron chi connectivity index (χ0n) is 34.0. The molecule has 0 unspecified atom stereocenters. The molecule has 0 saturated heterocycles. The molecule has 0 bridgehead atoms. The van der Waals surface area contributed by atoms with Crippen molar-refractivity contribution >= 4 is 39.0 Å². The average molecular weight is 792 g/mol. The topological polar surface area (TPSA) is 16.4 Å². The van der Waals surface area contributed by atoms with E-state index in [4.69, 9.17) is 4.42 Å². The third-order valence-electron chi connectivity index (χ3n) is 11.9. The van der Waals surface area contributed by atoms with Crippen LogP contribution >= 0.6 is 0 Å². The predicted molar refractivity (Wildman–Crippen MR) is 261 cm³/mol. The summed E-state index contributed by atoms with van der Waals surface area (Å²) in [7, 11) is 0. The number of anilines is 3. The van der Waals surface area contributed by atoms with Crippen molar-refractivity contribution in [1.29, 1.82) is 0 Å². The van der Waals surface area contributed by atoms with E-state index >= 15 is 0 Å². The Balaban J connectivity index is 1.10. The van der Waals surface area contributed by atoms with E-state index in [9.17, 15) is 0 Å². The summed E-state index contributed by atoms with van der Waals surface area (Å²) in [6.45, 7) is 0. The van der Waals surface area contributed by atoms with Gasteiger partial charge in [0.2, 0.25) is 0 Å². The lowest BCUT2D eigenvalue weighted by molar-refractivity contribution is 0.669. The summed E-state index contributed by atoms with van der Waals surface area (Å²) in [6.07, 6.45) is 0. The standard InChI is InChI=1S/C60H41NO/c1-5-17-42(18-6-1)43-31-36-49(37-32-43)61(50-38-33-46(34-39-50)52-28-16-30-58-60(52)54-25-13-14-29-57(54)62-58)56-40-35-48(41-55(56)45-21-9-3-10-22-45)53-27-15-26-51(44-19-7-2-8-20-44)59(53)47-23-11-4-12-24-47/h1-41H. The fraction of sp³-hybridized carbons (Fsp3) is 0. The van der Waals surface area contributed by atoms with E-state index in [-0.39, 0.29) is 0 Å². The van der Waals surface area contributed by atoms with Crippen molar-refractivity contribution in [3.8, 4) is 66.8 Å². The van der Waals surface area contributed by atoms with Gasteiger partial charge in [-0.15, -0.1) is 0 Å². The van der Waals surface area contributed by atoms with Crippen molar-refractivity contribution in [1.82, 2.24) is 0 Å². The second kappa shape index (κ2) is 16.1. The van der Waals surface area contributed by atoms with Crippen LogP contribution < -0.4 is 4.90 Å². The molecular formula is C60H41NO. The third-order valence-corrected chi connectivity index (χ3v) is 11.9. The molecule has 62 heavy (non-hydrogen) atoms. The molecule has 11 aromatic rings. The molecule has 0 aliphatic heterocycles. The molecular weight excluding hydrogens is 751 g/mol. The first-order valence-electron chi connectivity index (χ1n) is 21.2. The van der Waals surface area contributed by atoms with Gasteiger partial charge in [0.1, 0.15) is 11.2 Å². The first kappa shape index (κ1) is 36.8. The van der Waals surface area contributed by atoms with Crippen molar-refractivity contribution in [3.05, 3.63) is 249 Å². The largest absolute Gasteiger partial charge is 0.456 e. The van der Waals surface area contributed by atoms with E-state index in [0.717, 1.165) is 66.8 Å². The average Bonchev–Trinajstić information content (AvgIpc) is 3.75. The molecule has 0 amide bonds. The summed E-state index contributed by atoms with van der Waals surface area (Å²) in [5.41, 5.74) is 19.1. The van der Waals surface area contributed by atoms with E-state index in [1.807, 2.05) is 12.1 Å². The maximum atomic E-state index is 6.28. The Morgan fingerprint density at radius 3 is 1.35 bits per heavy atom. The third kappa shape index (κ3) is 6.84. The fourth-order valence-corrected chi connectivity index (χ4v) is 8.98. The van der Waals surface area contributed by atoms with Crippen molar-refractivity contribution < 1.29 is 4.42 Å². The zero-order chi connectivity index (χ0) is 41.2. The molecule has 0 saturated carbocycles. The van der Waals surface area contributed by atoms with Gasteiger partial charge >= 0.3 is 0 Å². The molecule has 0 aliphatic carbocycles. The van der Waals surface area contributed by atoms with E-state index in [1.54, 1.807) is 0 Å². The number of para-hydroxylation sites is 1. The fourth-order valence-electron chi connectivity index (χ4n) is 8.98. The smallest absolute Gasteiger partial charge is 0.136 e. The Kier molecular flexibility index (Phi) is 9.57. The Morgan fingerprint density at radius 2 is 0.710 bits per heavy atom. The van der Waals surface area contributed by atoms with Crippen LogP contribution in [-0.2, 0) is 0 Å². The maximum absolute atomic E-state index is 6.28. The monoisotopic (exact) mass is 791 g/mol. The number of rotatable bonds is 9. The van der Waals surface area contributed by atoms with Crippen LogP contribution in [0.1, 0.15) is 0 Å². The number of nitrogens with zero attached hydrogens (tertiary/aromatic N) is 1. The predicted octanol–water partition coefficient (Wildman–Crippen LogP) is 17.1. The molecule has 2 heteroatoms.